The van der Waals surface area contributed by atoms with E-state index >= 15 is 0 Å². The van der Waals surface area contributed by atoms with E-state index in [-0.39, 0.29) is 0 Å². The molecule has 2 aromatic heterocycles. The summed E-state index contributed by atoms with van der Waals surface area (Å²) in [5, 5.41) is 0. The zero-order chi connectivity index (χ0) is 15.6. The SMILES string of the molecule is [In][O]c1ccccc1-c1nc2cccnc2n1-c1ccccc1. The van der Waals surface area contributed by atoms with E-state index in [1.807, 2.05) is 54.6 Å². The average Bonchev–Trinajstić information content (AvgIpc) is 3.01. The number of fused-ring (bicyclic) bond motifs is 1. The second-order valence-corrected chi connectivity index (χ2v) is 5.74. The molecule has 0 saturated carbocycles. The number of rotatable bonds is 3. The van der Waals surface area contributed by atoms with E-state index in [1.54, 1.807) is 6.20 Å². The first-order valence-corrected chi connectivity index (χ1v) is 8.58. The molecule has 2 heterocycles. The number of hydrogen-bond acceptors (Lipinski definition) is 3. The number of benzene rings is 2. The number of para-hydroxylation sites is 2. The number of imidazole rings is 1. The Morgan fingerprint density at radius 1 is 0.870 bits per heavy atom. The summed E-state index contributed by atoms with van der Waals surface area (Å²) in [5.74, 6) is 1.69. The van der Waals surface area contributed by atoms with Crippen LogP contribution in [0.25, 0.3) is 28.2 Å². The molecule has 0 N–H and O–H groups in total. The minimum absolute atomic E-state index is 0.699. The Morgan fingerprint density at radius 3 is 2.48 bits per heavy atom. The van der Waals surface area contributed by atoms with Gasteiger partial charge in [-0.3, -0.25) is 0 Å². The van der Waals surface area contributed by atoms with Gasteiger partial charge in [-0.1, -0.05) is 0 Å². The standard InChI is InChI=1S/C18H13N3O.In/c22-16-11-5-4-9-14(16)17-20-15-10-6-12-19-18(15)21(17)13-7-2-1-3-8-13;/h1-12,22H;/q;+1/p-1. The van der Waals surface area contributed by atoms with Gasteiger partial charge in [0.2, 0.25) is 0 Å². The fourth-order valence-electron chi connectivity index (χ4n) is 2.67. The third-order valence-corrected chi connectivity index (χ3v) is 4.41. The number of pyridine rings is 1. The van der Waals surface area contributed by atoms with E-state index in [0.29, 0.717) is 24.8 Å². The molecule has 4 aromatic rings. The molecule has 0 amide bonds. The van der Waals surface area contributed by atoms with E-state index in [2.05, 4.69) is 21.7 Å². The maximum absolute atomic E-state index is 5.64. The summed E-state index contributed by atoms with van der Waals surface area (Å²) in [5.41, 5.74) is 3.72. The molecule has 0 aliphatic heterocycles. The molecule has 2 radical (unpaired) electrons. The predicted molar refractivity (Wildman–Crippen MR) is 90.7 cm³/mol. The molecule has 2 aromatic carbocycles. The van der Waals surface area contributed by atoms with Crippen LogP contribution in [0.4, 0.5) is 0 Å². The maximum atomic E-state index is 5.64. The predicted octanol–water partition coefficient (Wildman–Crippen LogP) is 3.55. The number of nitrogens with zero attached hydrogens (tertiary/aromatic N) is 3. The van der Waals surface area contributed by atoms with Crippen molar-refractivity contribution in [3.05, 3.63) is 72.9 Å². The molecule has 0 saturated heterocycles. The average molecular weight is 401 g/mol. The van der Waals surface area contributed by atoms with Crippen LogP contribution in [0.3, 0.4) is 0 Å². The van der Waals surface area contributed by atoms with Crippen LogP contribution < -0.4 is 2.85 Å². The second-order valence-electron chi connectivity index (χ2n) is 5.07. The normalized spacial score (nSPS) is 10.8. The summed E-state index contributed by atoms with van der Waals surface area (Å²) < 4.78 is 7.72. The van der Waals surface area contributed by atoms with Gasteiger partial charge in [0, 0.05) is 0 Å². The van der Waals surface area contributed by atoms with Crippen molar-refractivity contribution in [2.75, 3.05) is 0 Å². The second kappa shape index (κ2) is 6.08. The molecule has 108 valence electrons. The molecule has 4 rings (SSSR count). The van der Waals surface area contributed by atoms with Gasteiger partial charge >= 0.3 is 149 Å². The molecule has 0 atom stereocenters. The van der Waals surface area contributed by atoms with Crippen LogP contribution in [0.1, 0.15) is 0 Å². The topological polar surface area (TPSA) is 39.9 Å². The molecule has 0 bridgehead atoms. The monoisotopic (exact) mass is 401 g/mol. The molecule has 0 spiro atoms. The third kappa shape index (κ3) is 2.51. The Labute approximate surface area is 149 Å². The Kier molecular flexibility index (Phi) is 3.79. The van der Waals surface area contributed by atoms with Crippen LogP contribution in [0.15, 0.2) is 72.9 Å². The zero-order valence-electron chi connectivity index (χ0n) is 12.3. The molecule has 0 unspecified atom stereocenters. The summed E-state index contributed by atoms with van der Waals surface area (Å²) in [7, 11) is 0. The third-order valence-electron chi connectivity index (χ3n) is 3.69. The molecule has 5 heteroatoms. The van der Waals surface area contributed by atoms with Crippen molar-refractivity contribution in [1.82, 2.24) is 14.5 Å². The molecule has 4 nitrogen and oxygen atoms in total. The van der Waals surface area contributed by atoms with Gasteiger partial charge in [0.05, 0.1) is 0 Å². The van der Waals surface area contributed by atoms with Gasteiger partial charge in [0.25, 0.3) is 0 Å². The van der Waals surface area contributed by atoms with Crippen molar-refractivity contribution in [2.45, 2.75) is 0 Å². The van der Waals surface area contributed by atoms with E-state index < -0.39 is 0 Å². The first-order chi connectivity index (χ1) is 11.4. The first kappa shape index (κ1) is 14.3. The Balaban J connectivity index is 2.07. The number of aromatic nitrogens is 3. The van der Waals surface area contributed by atoms with Crippen LogP contribution in [-0.2, 0) is 0 Å². The van der Waals surface area contributed by atoms with Gasteiger partial charge in [-0.05, 0) is 0 Å². The quantitative estimate of drug-likeness (QED) is 0.527. The molecule has 0 aliphatic carbocycles. The van der Waals surface area contributed by atoms with Crippen molar-refractivity contribution >= 4 is 36.0 Å². The van der Waals surface area contributed by atoms with E-state index in [4.69, 9.17) is 7.84 Å². The van der Waals surface area contributed by atoms with Gasteiger partial charge in [-0.15, -0.1) is 0 Å². The van der Waals surface area contributed by atoms with Crippen molar-refractivity contribution < 1.29 is 2.85 Å². The van der Waals surface area contributed by atoms with E-state index in [1.165, 1.54) is 0 Å². The summed E-state index contributed by atoms with van der Waals surface area (Å²) in [6.45, 7) is 0. The van der Waals surface area contributed by atoms with Gasteiger partial charge in [-0.2, -0.15) is 0 Å². The summed E-state index contributed by atoms with van der Waals surface area (Å²) in [4.78, 5) is 9.33. The fraction of sp³-hybridized carbons (Fsp3) is 0. The minimum atomic E-state index is 0.699. The fourth-order valence-corrected chi connectivity index (χ4v) is 3.26. The summed E-state index contributed by atoms with van der Waals surface area (Å²) in [6.07, 6.45) is 1.79. The summed E-state index contributed by atoms with van der Waals surface area (Å²) in [6, 6.07) is 22.0. The van der Waals surface area contributed by atoms with Crippen LogP contribution in [0, 0.1) is 0 Å². The van der Waals surface area contributed by atoms with Crippen molar-refractivity contribution in [2.24, 2.45) is 0 Å². The van der Waals surface area contributed by atoms with Crippen LogP contribution >= 0.6 is 0 Å². The Bertz CT molecular complexity index is 966. The Morgan fingerprint density at radius 2 is 1.65 bits per heavy atom. The zero-order valence-corrected chi connectivity index (χ0v) is 15.6. The van der Waals surface area contributed by atoms with Crippen LogP contribution in [0.5, 0.6) is 5.75 Å². The van der Waals surface area contributed by atoms with Gasteiger partial charge in [-0.25, -0.2) is 0 Å². The van der Waals surface area contributed by atoms with Gasteiger partial charge in [0.15, 0.2) is 0 Å². The van der Waals surface area contributed by atoms with Crippen LogP contribution in [-0.4, -0.2) is 39.3 Å². The number of hydrogen-bond donors (Lipinski definition) is 0. The molecule has 0 aliphatic rings. The molecule has 0 fully saturated rings. The Hall–Kier alpha value is -2.27. The molecular formula is C18H12InN3O. The van der Waals surface area contributed by atoms with Gasteiger partial charge in [0.1, 0.15) is 0 Å². The van der Waals surface area contributed by atoms with E-state index in [0.717, 1.165) is 34.0 Å². The van der Waals surface area contributed by atoms with Gasteiger partial charge < -0.3 is 0 Å². The first-order valence-electron chi connectivity index (χ1n) is 7.23. The summed E-state index contributed by atoms with van der Waals surface area (Å²) >= 11 is 0.699. The molecular weight excluding hydrogens is 389 g/mol. The van der Waals surface area contributed by atoms with E-state index in [9.17, 15) is 0 Å². The van der Waals surface area contributed by atoms with Crippen molar-refractivity contribution in [3.63, 3.8) is 0 Å². The molecule has 23 heavy (non-hydrogen) atoms. The van der Waals surface area contributed by atoms with Crippen LogP contribution in [0.2, 0.25) is 0 Å². The van der Waals surface area contributed by atoms with Crippen molar-refractivity contribution in [1.29, 1.82) is 0 Å². The van der Waals surface area contributed by atoms with Crippen molar-refractivity contribution in [3.8, 4) is 22.8 Å².